The van der Waals surface area contributed by atoms with Gasteiger partial charge in [-0.3, -0.25) is 0 Å². The normalized spacial score (nSPS) is 10.5. The number of aromatic carboxylic acids is 1. The van der Waals surface area contributed by atoms with Gasteiger partial charge in [-0.15, -0.1) is 11.3 Å². The van der Waals surface area contributed by atoms with Crippen molar-refractivity contribution in [3.63, 3.8) is 0 Å². The number of carboxylic acid groups (broad SMARTS) is 1. The molecule has 1 rings (SSSR count). The van der Waals surface area contributed by atoms with Gasteiger partial charge in [0.15, 0.2) is 5.69 Å². The van der Waals surface area contributed by atoms with Crippen LogP contribution >= 0.6 is 11.3 Å². The highest BCUT2D eigenvalue weighted by Gasteiger charge is 2.10. The van der Waals surface area contributed by atoms with Crippen molar-refractivity contribution in [3.8, 4) is 0 Å². The van der Waals surface area contributed by atoms with Crippen LogP contribution in [0.3, 0.4) is 0 Å². The Bertz CT molecular complexity index is 430. The standard InChI is InChI=1S/C12H19N3O3S/c1-3-8(4-2)14-12(18)13-6-5-10-15-9(7-19-10)11(16)17/h7-8H,3-6H2,1-2H3,(H,16,17)(H2,13,14,18). The summed E-state index contributed by atoms with van der Waals surface area (Å²) in [7, 11) is 0. The molecule has 1 heterocycles. The molecule has 106 valence electrons. The summed E-state index contributed by atoms with van der Waals surface area (Å²) < 4.78 is 0. The van der Waals surface area contributed by atoms with Gasteiger partial charge in [-0.2, -0.15) is 0 Å². The van der Waals surface area contributed by atoms with Gasteiger partial charge in [0.1, 0.15) is 0 Å². The van der Waals surface area contributed by atoms with E-state index in [-0.39, 0.29) is 17.8 Å². The molecule has 0 spiro atoms. The minimum atomic E-state index is -1.03. The van der Waals surface area contributed by atoms with Gasteiger partial charge in [0, 0.05) is 24.4 Å². The van der Waals surface area contributed by atoms with Crippen molar-refractivity contribution < 1.29 is 14.7 Å². The first kappa shape index (κ1) is 15.4. The fraction of sp³-hybridized carbons (Fsp3) is 0.583. The van der Waals surface area contributed by atoms with Crippen LogP contribution in [0.25, 0.3) is 0 Å². The van der Waals surface area contributed by atoms with Crippen molar-refractivity contribution in [2.24, 2.45) is 0 Å². The van der Waals surface area contributed by atoms with Crippen LogP contribution in [0.2, 0.25) is 0 Å². The molecule has 0 atom stereocenters. The first-order chi connectivity index (χ1) is 9.06. The number of aromatic nitrogens is 1. The lowest BCUT2D eigenvalue weighted by Gasteiger charge is -2.15. The Morgan fingerprint density at radius 3 is 2.63 bits per heavy atom. The number of hydrogen-bond acceptors (Lipinski definition) is 4. The second-order valence-corrected chi connectivity index (χ2v) is 5.04. The van der Waals surface area contributed by atoms with Crippen molar-refractivity contribution in [3.05, 3.63) is 16.1 Å². The van der Waals surface area contributed by atoms with Crippen LogP contribution in [0.5, 0.6) is 0 Å². The van der Waals surface area contributed by atoms with E-state index >= 15 is 0 Å². The summed E-state index contributed by atoms with van der Waals surface area (Å²) in [5.74, 6) is -1.03. The lowest BCUT2D eigenvalue weighted by Crippen LogP contribution is -2.42. The number of hydrogen-bond donors (Lipinski definition) is 3. The fourth-order valence-corrected chi connectivity index (χ4v) is 2.31. The van der Waals surface area contributed by atoms with Gasteiger partial charge in [0.2, 0.25) is 0 Å². The van der Waals surface area contributed by atoms with E-state index in [4.69, 9.17) is 5.11 Å². The molecule has 0 fully saturated rings. The molecular weight excluding hydrogens is 266 g/mol. The summed E-state index contributed by atoms with van der Waals surface area (Å²) in [4.78, 5) is 26.1. The second kappa shape index (κ2) is 7.73. The van der Waals surface area contributed by atoms with Gasteiger partial charge in [0.05, 0.1) is 5.01 Å². The Morgan fingerprint density at radius 1 is 1.42 bits per heavy atom. The molecule has 0 radical (unpaired) electrons. The van der Waals surface area contributed by atoms with E-state index < -0.39 is 5.97 Å². The maximum absolute atomic E-state index is 11.5. The van der Waals surface area contributed by atoms with Crippen LogP contribution < -0.4 is 10.6 Å². The molecule has 3 N–H and O–H groups in total. The molecule has 2 amide bonds. The van der Waals surface area contributed by atoms with Gasteiger partial charge in [0.25, 0.3) is 0 Å². The molecule has 1 aromatic rings. The van der Waals surface area contributed by atoms with Crippen molar-refractivity contribution in [1.29, 1.82) is 0 Å². The molecule has 0 bridgehead atoms. The van der Waals surface area contributed by atoms with Crippen molar-refractivity contribution in [1.82, 2.24) is 15.6 Å². The number of thiazole rings is 1. The number of nitrogens with one attached hydrogen (secondary N) is 2. The number of rotatable bonds is 7. The molecule has 0 unspecified atom stereocenters. The number of carbonyl (C=O) groups excluding carboxylic acids is 1. The lowest BCUT2D eigenvalue weighted by atomic mass is 10.2. The summed E-state index contributed by atoms with van der Waals surface area (Å²) >= 11 is 1.29. The maximum Gasteiger partial charge on any atom is 0.355 e. The molecule has 0 saturated heterocycles. The number of urea groups is 1. The minimum Gasteiger partial charge on any atom is -0.476 e. The van der Waals surface area contributed by atoms with Crippen molar-refractivity contribution >= 4 is 23.3 Å². The first-order valence-corrected chi connectivity index (χ1v) is 7.16. The van der Waals surface area contributed by atoms with Crippen LogP contribution in [-0.2, 0) is 6.42 Å². The lowest BCUT2D eigenvalue weighted by molar-refractivity contribution is 0.0691. The molecule has 6 nitrogen and oxygen atoms in total. The monoisotopic (exact) mass is 285 g/mol. The second-order valence-electron chi connectivity index (χ2n) is 4.10. The van der Waals surface area contributed by atoms with E-state index in [1.54, 1.807) is 0 Å². The summed E-state index contributed by atoms with van der Waals surface area (Å²) in [6, 6.07) is 0.00203. The molecule has 0 aliphatic carbocycles. The third kappa shape index (κ3) is 5.25. The summed E-state index contributed by atoms with van der Waals surface area (Å²) in [6.07, 6.45) is 2.34. The quantitative estimate of drug-likeness (QED) is 0.713. The third-order valence-corrected chi connectivity index (χ3v) is 3.62. The van der Waals surface area contributed by atoms with E-state index in [9.17, 15) is 9.59 Å². The maximum atomic E-state index is 11.5. The van der Waals surface area contributed by atoms with Gasteiger partial charge in [-0.05, 0) is 12.8 Å². The SMILES string of the molecule is CCC(CC)NC(=O)NCCc1nc(C(=O)O)cs1. The summed E-state index contributed by atoms with van der Waals surface area (Å²) in [5, 5.41) is 16.5. The van der Waals surface area contributed by atoms with Crippen molar-refractivity contribution in [2.45, 2.75) is 39.2 Å². The summed E-state index contributed by atoms with van der Waals surface area (Å²) in [5.41, 5.74) is 0.0569. The van der Waals surface area contributed by atoms with Crippen LogP contribution in [0.1, 0.15) is 42.2 Å². The van der Waals surface area contributed by atoms with Crippen LogP contribution in [0.15, 0.2) is 5.38 Å². The largest absolute Gasteiger partial charge is 0.476 e. The predicted molar refractivity (Wildman–Crippen MR) is 73.7 cm³/mol. The average Bonchev–Trinajstić information content (AvgIpc) is 2.85. The highest BCUT2D eigenvalue weighted by atomic mass is 32.1. The Balaban J connectivity index is 2.29. The van der Waals surface area contributed by atoms with Gasteiger partial charge >= 0.3 is 12.0 Å². The molecule has 1 aromatic heterocycles. The topological polar surface area (TPSA) is 91.3 Å². The highest BCUT2D eigenvalue weighted by molar-refractivity contribution is 7.09. The Morgan fingerprint density at radius 2 is 2.11 bits per heavy atom. The molecule has 0 saturated carbocycles. The molecule has 0 aromatic carbocycles. The number of nitrogens with zero attached hydrogens (tertiary/aromatic N) is 1. The Kier molecular flexibility index (Phi) is 6.27. The molecule has 19 heavy (non-hydrogen) atoms. The highest BCUT2D eigenvalue weighted by Crippen LogP contribution is 2.09. The number of carboxylic acids is 1. The van der Waals surface area contributed by atoms with E-state index in [0.717, 1.165) is 12.8 Å². The number of amides is 2. The van der Waals surface area contributed by atoms with E-state index in [2.05, 4.69) is 15.6 Å². The molecule has 7 heteroatoms. The molecular formula is C12H19N3O3S. The zero-order valence-electron chi connectivity index (χ0n) is 11.1. The van der Waals surface area contributed by atoms with Gasteiger partial charge in [-0.25, -0.2) is 14.6 Å². The average molecular weight is 285 g/mol. The van der Waals surface area contributed by atoms with Crippen LogP contribution in [-0.4, -0.2) is 34.7 Å². The smallest absolute Gasteiger partial charge is 0.355 e. The Labute approximate surface area is 116 Å². The van der Waals surface area contributed by atoms with Gasteiger partial charge < -0.3 is 15.7 Å². The van der Waals surface area contributed by atoms with E-state index in [1.165, 1.54) is 16.7 Å². The number of carbonyl (C=O) groups is 2. The molecule has 0 aliphatic rings. The first-order valence-electron chi connectivity index (χ1n) is 6.28. The van der Waals surface area contributed by atoms with Crippen LogP contribution in [0.4, 0.5) is 4.79 Å². The van der Waals surface area contributed by atoms with E-state index in [0.29, 0.717) is 18.0 Å². The van der Waals surface area contributed by atoms with Crippen LogP contribution in [0, 0.1) is 0 Å². The Hall–Kier alpha value is -1.63. The fourth-order valence-electron chi connectivity index (χ4n) is 1.54. The zero-order valence-corrected chi connectivity index (χ0v) is 11.9. The minimum absolute atomic E-state index is 0.0569. The van der Waals surface area contributed by atoms with E-state index in [1.807, 2.05) is 13.8 Å². The molecule has 0 aliphatic heterocycles. The summed E-state index contributed by atoms with van der Waals surface area (Å²) in [6.45, 7) is 4.49. The third-order valence-electron chi connectivity index (χ3n) is 2.72. The van der Waals surface area contributed by atoms with Gasteiger partial charge in [-0.1, -0.05) is 13.8 Å². The zero-order chi connectivity index (χ0) is 14.3. The van der Waals surface area contributed by atoms with Crippen molar-refractivity contribution in [2.75, 3.05) is 6.54 Å². The predicted octanol–water partition coefficient (Wildman–Crippen LogP) is 1.87.